The van der Waals surface area contributed by atoms with Crippen molar-refractivity contribution in [2.45, 2.75) is 20.8 Å². The van der Waals surface area contributed by atoms with E-state index in [1.807, 2.05) is 13.1 Å². The average molecular weight is 371 g/mol. The van der Waals surface area contributed by atoms with Gasteiger partial charge in [-0.15, -0.1) is 11.3 Å². The molecule has 0 bridgehead atoms. The average Bonchev–Trinajstić information content (AvgIpc) is 3.15. The topological polar surface area (TPSA) is 16.1 Å². The minimum absolute atomic E-state index is 1.04. The molecule has 0 saturated carbocycles. The maximum atomic E-state index is 4.31. The van der Waals surface area contributed by atoms with Gasteiger partial charge >= 0.3 is 0 Å². The van der Waals surface area contributed by atoms with Gasteiger partial charge in [-0.1, -0.05) is 35.4 Å². The lowest BCUT2D eigenvalue weighted by atomic mass is 10.1. The fourth-order valence-electron chi connectivity index (χ4n) is 3.09. The van der Waals surface area contributed by atoms with E-state index in [1.165, 1.54) is 37.9 Å². The number of rotatable bonds is 4. The summed E-state index contributed by atoms with van der Waals surface area (Å²) in [7, 11) is 0. The Bertz CT molecular complexity index is 1000. The first-order valence-corrected chi connectivity index (χ1v) is 9.88. The van der Waals surface area contributed by atoms with Gasteiger partial charge in [0.15, 0.2) is 0 Å². The van der Waals surface area contributed by atoms with Crippen LogP contribution in [0.1, 0.15) is 16.8 Å². The Morgan fingerprint density at radius 2 is 1.30 bits per heavy atom. The Morgan fingerprint density at radius 1 is 0.704 bits per heavy atom. The minimum Gasteiger partial charge on any atom is -0.302 e. The zero-order chi connectivity index (χ0) is 18.8. The number of nitrogens with zero attached hydrogens (tertiary/aromatic N) is 2. The molecule has 0 fully saturated rings. The molecule has 3 heteroatoms. The Hall–Kier alpha value is -2.91. The van der Waals surface area contributed by atoms with E-state index in [2.05, 4.69) is 96.5 Å². The molecule has 0 aliphatic rings. The highest BCUT2D eigenvalue weighted by atomic mass is 32.1. The van der Waals surface area contributed by atoms with Gasteiger partial charge in [0.05, 0.1) is 0 Å². The molecule has 0 aliphatic carbocycles. The van der Waals surface area contributed by atoms with Crippen LogP contribution in [0.5, 0.6) is 0 Å². The van der Waals surface area contributed by atoms with Crippen LogP contribution in [0.4, 0.5) is 16.4 Å². The quantitative estimate of drug-likeness (QED) is 0.377. The van der Waals surface area contributed by atoms with Crippen molar-refractivity contribution in [3.05, 3.63) is 95.8 Å². The summed E-state index contributed by atoms with van der Waals surface area (Å²) >= 11 is 1.80. The molecule has 0 radical (unpaired) electrons. The number of anilines is 3. The molecule has 4 aromatic rings. The monoisotopic (exact) mass is 370 g/mol. The van der Waals surface area contributed by atoms with Crippen LogP contribution in [0.15, 0.2) is 79.0 Å². The lowest BCUT2D eigenvalue weighted by Gasteiger charge is -2.24. The summed E-state index contributed by atoms with van der Waals surface area (Å²) in [5, 5.41) is 1.20. The van der Waals surface area contributed by atoms with Crippen LogP contribution in [-0.4, -0.2) is 4.98 Å². The first-order chi connectivity index (χ1) is 13.1. The van der Waals surface area contributed by atoms with Crippen molar-refractivity contribution in [3.63, 3.8) is 0 Å². The number of aromatic nitrogens is 1. The number of pyridine rings is 1. The van der Waals surface area contributed by atoms with Gasteiger partial charge in [0.25, 0.3) is 0 Å². The fourth-order valence-corrected chi connectivity index (χ4v) is 4.14. The molecule has 0 spiro atoms. The SMILES string of the molecule is Cc1ccc(N(c2ccc(C)cc2)c2ccc(-c3ccnc(C)c3)s2)cc1. The van der Waals surface area contributed by atoms with E-state index in [4.69, 9.17) is 0 Å². The number of thiophene rings is 1. The Kier molecular flexibility index (Phi) is 4.78. The summed E-state index contributed by atoms with van der Waals surface area (Å²) in [6.07, 6.45) is 1.88. The van der Waals surface area contributed by atoms with Crippen LogP contribution in [0, 0.1) is 20.8 Å². The zero-order valence-corrected chi connectivity index (χ0v) is 16.6. The molecule has 0 amide bonds. The molecule has 0 N–H and O–H groups in total. The van der Waals surface area contributed by atoms with E-state index in [0.29, 0.717) is 0 Å². The zero-order valence-electron chi connectivity index (χ0n) is 15.8. The molecule has 0 unspecified atom stereocenters. The van der Waals surface area contributed by atoms with Gasteiger partial charge in [0.1, 0.15) is 5.00 Å². The van der Waals surface area contributed by atoms with Gasteiger partial charge in [-0.3, -0.25) is 4.98 Å². The number of aryl methyl sites for hydroxylation is 3. The summed E-state index contributed by atoms with van der Waals surface area (Å²) in [5.74, 6) is 0. The molecular weight excluding hydrogens is 348 g/mol. The second-order valence-corrected chi connectivity index (χ2v) is 7.89. The van der Waals surface area contributed by atoms with E-state index in [-0.39, 0.29) is 0 Å². The summed E-state index contributed by atoms with van der Waals surface area (Å²) in [4.78, 5) is 7.88. The van der Waals surface area contributed by atoms with Crippen molar-refractivity contribution in [2.75, 3.05) is 4.90 Å². The molecule has 2 aromatic heterocycles. The molecule has 4 rings (SSSR count). The van der Waals surface area contributed by atoms with E-state index in [9.17, 15) is 0 Å². The van der Waals surface area contributed by atoms with Crippen molar-refractivity contribution in [3.8, 4) is 10.4 Å². The summed E-state index contributed by atoms with van der Waals surface area (Å²) in [6.45, 7) is 6.27. The van der Waals surface area contributed by atoms with Crippen molar-refractivity contribution in [2.24, 2.45) is 0 Å². The molecule has 0 saturated heterocycles. The maximum Gasteiger partial charge on any atom is 0.101 e. The number of hydrogen-bond acceptors (Lipinski definition) is 3. The molecule has 27 heavy (non-hydrogen) atoms. The third kappa shape index (κ3) is 3.79. The smallest absolute Gasteiger partial charge is 0.101 e. The van der Waals surface area contributed by atoms with Crippen LogP contribution in [-0.2, 0) is 0 Å². The third-order valence-corrected chi connectivity index (χ3v) is 5.70. The van der Waals surface area contributed by atoms with Crippen molar-refractivity contribution >= 4 is 27.7 Å². The first kappa shape index (κ1) is 17.5. The van der Waals surface area contributed by atoms with Crippen LogP contribution in [0.3, 0.4) is 0 Å². The maximum absolute atomic E-state index is 4.31. The van der Waals surface area contributed by atoms with Gasteiger partial charge < -0.3 is 4.90 Å². The second kappa shape index (κ2) is 7.37. The van der Waals surface area contributed by atoms with E-state index < -0.39 is 0 Å². The highest BCUT2D eigenvalue weighted by Crippen LogP contribution is 2.41. The highest BCUT2D eigenvalue weighted by molar-refractivity contribution is 7.19. The molecule has 134 valence electrons. The third-order valence-electron chi connectivity index (χ3n) is 4.58. The summed E-state index contributed by atoms with van der Waals surface area (Å²) in [5.41, 5.74) is 7.12. The van der Waals surface area contributed by atoms with Gasteiger partial charge in [-0.25, -0.2) is 0 Å². The molecule has 0 atom stereocenters. The second-order valence-electron chi connectivity index (χ2n) is 6.83. The van der Waals surface area contributed by atoms with Gasteiger partial charge in [-0.2, -0.15) is 0 Å². The standard InChI is InChI=1S/C24H22N2S/c1-17-4-8-21(9-5-17)26(22-10-6-18(2)7-11-22)24-13-12-23(27-24)20-14-15-25-19(3)16-20/h4-16H,1-3H3. The summed E-state index contributed by atoms with van der Waals surface area (Å²) < 4.78 is 0. The van der Waals surface area contributed by atoms with Gasteiger partial charge in [-0.05, 0) is 74.9 Å². The Morgan fingerprint density at radius 3 is 1.85 bits per heavy atom. The molecular formula is C24H22N2S. The fraction of sp³-hybridized carbons (Fsp3) is 0.125. The van der Waals surface area contributed by atoms with Crippen LogP contribution < -0.4 is 4.90 Å². The predicted molar refractivity (Wildman–Crippen MR) is 116 cm³/mol. The number of benzene rings is 2. The Balaban J connectivity index is 1.79. The highest BCUT2D eigenvalue weighted by Gasteiger charge is 2.15. The molecule has 2 heterocycles. The lowest BCUT2D eigenvalue weighted by molar-refractivity contribution is 1.20. The Labute approximate surface area is 164 Å². The largest absolute Gasteiger partial charge is 0.302 e. The van der Waals surface area contributed by atoms with Crippen LogP contribution in [0.25, 0.3) is 10.4 Å². The predicted octanol–water partition coefficient (Wildman–Crippen LogP) is 7.21. The van der Waals surface area contributed by atoms with Crippen LogP contribution in [0.2, 0.25) is 0 Å². The first-order valence-electron chi connectivity index (χ1n) is 9.06. The van der Waals surface area contributed by atoms with Crippen LogP contribution >= 0.6 is 11.3 Å². The van der Waals surface area contributed by atoms with E-state index >= 15 is 0 Å². The van der Waals surface area contributed by atoms with E-state index in [0.717, 1.165) is 5.69 Å². The van der Waals surface area contributed by atoms with E-state index in [1.54, 1.807) is 11.3 Å². The lowest BCUT2D eigenvalue weighted by Crippen LogP contribution is -2.08. The van der Waals surface area contributed by atoms with Crippen molar-refractivity contribution in [1.29, 1.82) is 0 Å². The molecule has 0 aliphatic heterocycles. The molecule has 2 nitrogen and oxygen atoms in total. The van der Waals surface area contributed by atoms with Crippen molar-refractivity contribution < 1.29 is 0 Å². The summed E-state index contributed by atoms with van der Waals surface area (Å²) in [6, 6.07) is 26.0. The van der Waals surface area contributed by atoms with Crippen molar-refractivity contribution in [1.82, 2.24) is 4.98 Å². The normalized spacial score (nSPS) is 10.8. The number of hydrogen-bond donors (Lipinski definition) is 0. The van der Waals surface area contributed by atoms with Gasteiger partial charge in [0.2, 0.25) is 0 Å². The molecule has 2 aromatic carbocycles. The van der Waals surface area contributed by atoms with Gasteiger partial charge in [0, 0.05) is 28.1 Å². The minimum atomic E-state index is 1.04.